The Kier molecular flexibility index (Phi) is 8.32. The normalized spacial score (nSPS) is 18.3. The molecular weight excluding hydrogens is 551 g/mol. The summed E-state index contributed by atoms with van der Waals surface area (Å²) in [5, 5.41) is -0.492. The van der Waals surface area contributed by atoms with Gasteiger partial charge in [0.2, 0.25) is 0 Å². The Morgan fingerprint density at radius 3 is 2.15 bits per heavy atom. The van der Waals surface area contributed by atoms with Crippen LogP contribution in [0, 0.1) is 0 Å². The van der Waals surface area contributed by atoms with E-state index in [1.807, 2.05) is 23.1 Å². The van der Waals surface area contributed by atoms with Crippen molar-refractivity contribution in [3.05, 3.63) is 112 Å². The number of hydrogen-bond acceptors (Lipinski definition) is 5. The van der Waals surface area contributed by atoms with Crippen LogP contribution in [0.1, 0.15) is 45.6 Å². The van der Waals surface area contributed by atoms with Gasteiger partial charge >= 0.3 is 6.18 Å². The number of rotatable bonds is 6. The van der Waals surface area contributed by atoms with Crippen molar-refractivity contribution in [3.63, 3.8) is 0 Å². The monoisotopic (exact) mass is 579 g/mol. The standard InChI is InChI=1S/C31H28F3N3O3S/c1-21(24-5-3-2-4-6-24)35-15-17-36(18-16-35)28(38)25-11-7-22(8-12-25)19-27-29(39)37(30(40)41-27)20-23-9-13-26(14-10-23)31(32,33)34/h2-14,19,21H,15-18,20H2,1H3/b27-19-. The van der Waals surface area contributed by atoms with Gasteiger partial charge in [0.25, 0.3) is 17.1 Å². The van der Waals surface area contributed by atoms with Crippen LogP contribution in [-0.4, -0.2) is 57.9 Å². The number of imide groups is 1. The molecule has 3 aromatic rings. The van der Waals surface area contributed by atoms with Crippen molar-refractivity contribution in [2.24, 2.45) is 0 Å². The minimum Gasteiger partial charge on any atom is -0.336 e. The molecule has 1 unspecified atom stereocenters. The number of hydrogen-bond donors (Lipinski definition) is 0. The third-order valence-corrected chi connectivity index (χ3v) is 8.29. The number of alkyl halides is 3. The van der Waals surface area contributed by atoms with Gasteiger partial charge in [-0.05, 0) is 65.7 Å². The number of nitrogens with zero attached hydrogens (tertiary/aromatic N) is 3. The summed E-state index contributed by atoms with van der Waals surface area (Å²) in [5.41, 5.74) is 2.07. The second kappa shape index (κ2) is 11.9. The lowest BCUT2D eigenvalue weighted by Gasteiger charge is -2.38. The molecule has 41 heavy (non-hydrogen) atoms. The van der Waals surface area contributed by atoms with Crippen molar-refractivity contribution in [3.8, 4) is 0 Å². The summed E-state index contributed by atoms with van der Waals surface area (Å²) < 4.78 is 38.4. The zero-order valence-electron chi connectivity index (χ0n) is 22.3. The maximum Gasteiger partial charge on any atom is 0.416 e. The molecule has 5 rings (SSSR count). The largest absolute Gasteiger partial charge is 0.416 e. The maximum atomic E-state index is 13.1. The fourth-order valence-electron chi connectivity index (χ4n) is 4.93. The third-order valence-electron chi connectivity index (χ3n) is 7.38. The van der Waals surface area contributed by atoms with E-state index >= 15 is 0 Å². The van der Waals surface area contributed by atoms with Crippen molar-refractivity contribution >= 4 is 34.9 Å². The summed E-state index contributed by atoms with van der Waals surface area (Å²) in [4.78, 5) is 43.9. The predicted molar refractivity (Wildman–Crippen MR) is 152 cm³/mol. The molecule has 2 aliphatic rings. The van der Waals surface area contributed by atoms with E-state index in [-0.39, 0.29) is 23.4 Å². The second-order valence-corrected chi connectivity index (χ2v) is 11.0. The number of carbonyl (C=O) groups excluding carboxylic acids is 3. The molecule has 3 aromatic carbocycles. The van der Waals surface area contributed by atoms with Crippen LogP contribution < -0.4 is 0 Å². The van der Waals surface area contributed by atoms with E-state index in [2.05, 4.69) is 24.0 Å². The van der Waals surface area contributed by atoms with Gasteiger partial charge in [0.1, 0.15) is 0 Å². The molecule has 1 atom stereocenters. The average molecular weight is 580 g/mol. The summed E-state index contributed by atoms with van der Waals surface area (Å²) in [7, 11) is 0. The minimum atomic E-state index is -4.46. The Balaban J connectivity index is 1.18. The Bertz CT molecular complexity index is 1450. The first-order chi connectivity index (χ1) is 19.6. The lowest BCUT2D eigenvalue weighted by molar-refractivity contribution is -0.137. The topological polar surface area (TPSA) is 60.9 Å². The van der Waals surface area contributed by atoms with Gasteiger partial charge in [0.05, 0.1) is 17.0 Å². The van der Waals surface area contributed by atoms with Gasteiger partial charge in [-0.2, -0.15) is 13.2 Å². The number of amides is 3. The van der Waals surface area contributed by atoms with E-state index in [0.717, 1.165) is 41.9 Å². The Morgan fingerprint density at radius 1 is 0.902 bits per heavy atom. The molecule has 2 saturated heterocycles. The average Bonchev–Trinajstić information content (AvgIpc) is 3.24. The lowest BCUT2D eigenvalue weighted by Crippen LogP contribution is -2.49. The number of piperazine rings is 1. The van der Waals surface area contributed by atoms with Crippen molar-refractivity contribution in [2.45, 2.75) is 25.7 Å². The third kappa shape index (κ3) is 6.55. The molecule has 0 spiro atoms. The van der Waals surface area contributed by atoms with Crippen LogP contribution in [0.2, 0.25) is 0 Å². The molecule has 3 amide bonds. The number of thioether (sulfide) groups is 1. The molecule has 0 N–H and O–H groups in total. The Hall–Kier alpha value is -3.89. The summed E-state index contributed by atoms with van der Waals surface area (Å²) in [5.74, 6) is -0.567. The van der Waals surface area contributed by atoms with Crippen LogP contribution in [0.15, 0.2) is 83.8 Å². The first-order valence-electron chi connectivity index (χ1n) is 13.2. The quantitative estimate of drug-likeness (QED) is 0.314. The van der Waals surface area contributed by atoms with Crippen LogP contribution in [0.25, 0.3) is 6.08 Å². The van der Waals surface area contributed by atoms with Crippen LogP contribution >= 0.6 is 11.8 Å². The summed E-state index contributed by atoms with van der Waals surface area (Å²) in [6.45, 7) is 4.87. The molecule has 2 heterocycles. The zero-order valence-corrected chi connectivity index (χ0v) is 23.1. The SMILES string of the molecule is CC(c1ccccc1)N1CCN(C(=O)c2ccc(/C=C3\SC(=O)N(Cc4ccc(C(F)(F)F)cc4)C3=O)cc2)CC1. The number of benzene rings is 3. The van der Waals surface area contributed by atoms with Gasteiger partial charge in [-0.1, -0.05) is 54.6 Å². The van der Waals surface area contributed by atoms with Gasteiger partial charge in [-0.25, -0.2) is 0 Å². The highest BCUT2D eigenvalue weighted by Gasteiger charge is 2.35. The van der Waals surface area contributed by atoms with Gasteiger partial charge in [-0.15, -0.1) is 0 Å². The summed E-state index contributed by atoms with van der Waals surface area (Å²) >= 11 is 0.776. The van der Waals surface area contributed by atoms with E-state index in [9.17, 15) is 27.6 Å². The second-order valence-electron chi connectivity index (χ2n) is 10.00. The van der Waals surface area contributed by atoms with Crippen molar-refractivity contribution in [1.82, 2.24) is 14.7 Å². The summed E-state index contributed by atoms with van der Waals surface area (Å²) in [6, 6.07) is 21.8. The lowest BCUT2D eigenvalue weighted by atomic mass is 10.1. The molecule has 0 radical (unpaired) electrons. The molecule has 10 heteroatoms. The molecule has 0 bridgehead atoms. The van der Waals surface area contributed by atoms with Crippen LogP contribution in [0.4, 0.5) is 18.0 Å². The smallest absolute Gasteiger partial charge is 0.336 e. The fourth-order valence-corrected chi connectivity index (χ4v) is 5.77. The van der Waals surface area contributed by atoms with Crippen molar-refractivity contribution in [2.75, 3.05) is 26.2 Å². The molecule has 0 aliphatic carbocycles. The summed E-state index contributed by atoms with van der Waals surface area (Å²) in [6.07, 6.45) is -2.88. The molecular formula is C31H28F3N3O3S. The molecule has 0 aromatic heterocycles. The highest BCUT2D eigenvalue weighted by atomic mass is 32.2. The molecule has 6 nitrogen and oxygen atoms in total. The van der Waals surface area contributed by atoms with E-state index in [1.54, 1.807) is 30.3 Å². The van der Waals surface area contributed by atoms with Gasteiger partial charge in [-0.3, -0.25) is 24.2 Å². The van der Waals surface area contributed by atoms with E-state index in [1.165, 1.54) is 17.7 Å². The van der Waals surface area contributed by atoms with Crippen LogP contribution in [-0.2, 0) is 17.5 Å². The van der Waals surface area contributed by atoms with Crippen molar-refractivity contribution < 1.29 is 27.6 Å². The predicted octanol–water partition coefficient (Wildman–Crippen LogP) is 6.46. The number of carbonyl (C=O) groups is 3. The Morgan fingerprint density at radius 2 is 1.54 bits per heavy atom. The number of halogens is 3. The van der Waals surface area contributed by atoms with Crippen LogP contribution in [0.3, 0.4) is 0 Å². The fraction of sp³-hybridized carbons (Fsp3) is 0.258. The minimum absolute atomic E-state index is 0.0552. The molecule has 212 valence electrons. The van der Waals surface area contributed by atoms with E-state index in [0.29, 0.717) is 29.8 Å². The molecule has 2 aliphatic heterocycles. The van der Waals surface area contributed by atoms with Crippen LogP contribution in [0.5, 0.6) is 0 Å². The van der Waals surface area contributed by atoms with Crippen molar-refractivity contribution in [1.29, 1.82) is 0 Å². The van der Waals surface area contributed by atoms with E-state index < -0.39 is 22.9 Å². The first kappa shape index (κ1) is 28.6. The molecule has 0 saturated carbocycles. The molecule has 2 fully saturated rings. The zero-order chi connectivity index (χ0) is 29.1. The Labute approximate surface area is 240 Å². The maximum absolute atomic E-state index is 13.1. The first-order valence-corrected chi connectivity index (χ1v) is 14.0. The highest BCUT2D eigenvalue weighted by molar-refractivity contribution is 8.18. The van der Waals surface area contributed by atoms with Gasteiger partial charge < -0.3 is 4.90 Å². The van der Waals surface area contributed by atoms with Gasteiger partial charge in [0.15, 0.2) is 0 Å². The highest BCUT2D eigenvalue weighted by Crippen LogP contribution is 2.34. The van der Waals surface area contributed by atoms with E-state index in [4.69, 9.17) is 0 Å². The van der Waals surface area contributed by atoms with Gasteiger partial charge in [0, 0.05) is 37.8 Å².